The summed E-state index contributed by atoms with van der Waals surface area (Å²) in [4.78, 5) is 27.3. The molecule has 1 unspecified atom stereocenters. The highest BCUT2D eigenvalue weighted by molar-refractivity contribution is 6.08. The summed E-state index contributed by atoms with van der Waals surface area (Å²) in [5.74, 6) is -0.487. The Hall–Kier alpha value is -3.07. The second-order valence-corrected chi connectivity index (χ2v) is 6.39. The van der Waals surface area contributed by atoms with Gasteiger partial charge in [-0.2, -0.15) is 5.26 Å². The molecule has 126 valence electrons. The number of nitrogens with one attached hydrogen (secondary N) is 1. The Morgan fingerprint density at radius 1 is 1.48 bits per heavy atom. The first-order valence-corrected chi connectivity index (χ1v) is 8.27. The van der Waals surface area contributed by atoms with Crippen molar-refractivity contribution < 1.29 is 14.3 Å². The number of rotatable bonds is 2. The lowest BCUT2D eigenvalue weighted by molar-refractivity contribution is -0.147. The molecule has 0 aromatic heterocycles. The minimum Gasteiger partial charge on any atom is -0.464 e. The molecule has 3 aliphatic rings. The second-order valence-electron chi connectivity index (χ2n) is 6.39. The summed E-state index contributed by atoms with van der Waals surface area (Å²) in [7, 11) is 0. The van der Waals surface area contributed by atoms with Crippen LogP contribution in [0.15, 0.2) is 48.2 Å². The van der Waals surface area contributed by atoms with Gasteiger partial charge in [-0.15, -0.1) is 0 Å². The maximum absolute atomic E-state index is 13.0. The van der Waals surface area contributed by atoms with Crippen LogP contribution >= 0.6 is 0 Å². The van der Waals surface area contributed by atoms with E-state index in [1.165, 1.54) is 0 Å². The molecule has 3 atom stereocenters. The van der Waals surface area contributed by atoms with Crippen molar-refractivity contribution in [2.24, 2.45) is 0 Å². The molecule has 1 amide bonds. The molecule has 25 heavy (non-hydrogen) atoms. The van der Waals surface area contributed by atoms with Crippen LogP contribution in [0.25, 0.3) is 0 Å². The van der Waals surface area contributed by atoms with Gasteiger partial charge in [0.05, 0.1) is 18.2 Å². The van der Waals surface area contributed by atoms with Gasteiger partial charge in [-0.05, 0) is 31.1 Å². The molecule has 0 aliphatic carbocycles. The van der Waals surface area contributed by atoms with Crippen molar-refractivity contribution in [1.29, 1.82) is 5.26 Å². The third-order valence-corrected chi connectivity index (χ3v) is 5.20. The Kier molecular flexibility index (Phi) is 3.39. The van der Waals surface area contributed by atoms with E-state index in [0.29, 0.717) is 12.0 Å². The molecule has 1 aromatic carbocycles. The van der Waals surface area contributed by atoms with Crippen LogP contribution in [0, 0.1) is 11.3 Å². The molecule has 3 aliphatic heterocycles. The molecule has 6 nitrogen and oxygen atoms in total. The Labute approximate surface area is 145 Å². The van der Waals surface area contributed by atoms with E-state index in [2.05, 4.69) is 11.4 Å². The molecule has 6 heteroatoms. The van der Waals surface area contributed by atoms with Gasteiger partial charge in [-0.1, -0.05) is 24.3 Å². The minimum absolute atomic E-state index is 0.117. The highest BCUT2D eigenvalue weighted by Gasteiger charge is 2.61. The molecule has 1 aromatic rings. The fourth-order valence-corrected chi connectivity index (χ4v) is 4.16. The molecule has 0 bridgehead atoms. The molecular weight excluding hydrogens is 318 g/mol. The average molecular weight is 335 g/mol. The van der Waals surface area contributed by atoms with E-state index in [4.69, 9.17) is 4.74 Å². The van der Waals surface area contributed by atoms with Crippen molar-refractivity contribution in [1.82, 2.24) is 4.90 Å². The van der Waals surface area contributed by atoms with Crippen molar-refractivity contribution >= 4 is 17.6 Å². The smallest absolute Gasteiger partial charge is 0.328 e. The van der Waals surface area contributed by atoms with Gasteiger partial charge in [0.15, 0.2) is 0 Å². The lowest BCUT2D eigenvalue weighted by Crippen LogP contribution is -2.46. The van der Waals surface area contributed by atoms with E-state index < -0.39 is 11.5 Å². The SMILES string of the molecule is CCOC(=O)[C@H]1CC2(C(=O)Nc3ccccc32)[C@@H]2C=CC(C#N)=CN12. The number of anilines is 1. The lowest BCUT2D eigenvalue weighted by atomic mass is 9.73. The third kappa shape index (κ3) is 2.02. The molecule has 4 rings (SSSR count). The number of esters is 1. The topological polar surface area (TPSA) is 82.4 Å². The number of nitriles is 1. The number of para-hydroxylation sites is 1. The van der Waals surface area contributed by atoms with Crippen molar-refractivity contribution in [2.45, 2.75) is 30.8 Å². The number of nitrogens with zero attached hydrogens (tertiary/aromatic N) is 2. The van der Waals surface area contributed by atoms with Crippen LogP contribution in [-0.4, -0.2) is 35.5 Å². The average Bonchev–Trinajstić information content (AvgIpc) is 3.12. The maximum atomic E-state index is 13.0. The first kappa shape index (κ1) is 15.5. The van der Waals surface area contributed by atoms with Crippen LogP contribution in [0.2, 0.25) is 0 Å². The minimum atomic E-state index is -0.859. The molecule has 1 N–H and O–H groups in total. The van der Waals surface area contributed by atoms with Gasteiger partial charge in [0.25, 0.3) is 0 Å². The highest BCUT2D eigenvalue weighted by atomic mass is 16.5. The zero-order valence-corrected chi connectivity index (χ0v) is 13.7. The van der Waals surface area contributed by atoms with E-state index in [-0.39, 0.29) is 24.5 Å². The summed E-state index contributed by atoms with van der Waals surface area (Å²) in [5.41, 5.74) is 1.26. The van der Waals surface area contributed by atoms with Crippen LogP contribution in [0.1, 0.15) is 18.9 Å². The van der Waals surface area contributed by atoms with Gasteiger partial charge in [0, 0.05) is 11.9 Å². The molecule has 1 spiro atoms. The first-order chi connectivity index (χ1) is 12.1. The van der Waals surface area contributed by atoms with Crippen LogP contribution in [-0.2, 0) is 19.7 Å². The quantitative estimate of drug-likeness (QED) is 0.834. The lowest BCUT2D eigenvalue weighted by Gasteiger charge is -2.33. The zero-order chi connectivity index (χ0) is 17.6. The molecular formula is C19H17N3O3. The van der Waals surface area contributed by atoms with E-state index in [0.717, 1.165) is 11.3 Å². The van der Waals surface area contributed by atoms with E-state index in [1.807, 2.05) is 30.3 Å². The summed E-state index contributed by atoms with van der Waals surface area (Å²) in [5, 5.41) is 12.2. The molecule has 0 saturated carbocycles. The van der Waals surface area contributed by atoms with Gasteiger partial charge in [0.2, 0.25) is 5.91 Å². The molecule has 3 heterocycles. The summed E-state index contributed by atoms with van der Waals surface area (Å²) in [6.45, 7) is 2.03. The molecule has 1 fully saturated rings. The molecule has 1 saturated heterocycles. The van der Waals surface area contributed by atoms with Crippen LogP contribution in [0.3, 0.4) is 0 Å². The third-order valence-electron chi connectivity index (χ3n) is 5.20. The summed E-state index contributed by atoms with van der Waals surface area (Å²) < 4.78 is 5.22. The molecule has 0 radical (unpaired) electrons. The fourth-order valence-electron chi connectivity index (χ4n) is 4.16. The second kappa shape index (κ2) is 5.49. The monoisotopic (exact) mass is 335 g/mol. The predicted octanol–water partition coefficient (Wildman–Crippen LogP) is 1.86. The Bertz CT molecular complexity index is 867. The van der Waals surface area contributed by atoms with Gasteiger partial charge in [-0.3, -0.25) is 4.79 Å². The number of carbonyl (C=O) groups is 2. The predicted molar refractivity (Wildman–Crippen MR) is 90.3 cm³/mol. The number of amides is 1. The number of hydrogen-bond acceptors (Lipinski definition) is 5. The van der Waals surface area contributed by atoms with E-state index in [1.54, 1.807) is 24.1 Å². The normalized spacial score (nSPS) is 28.9. The fraction of sp³-hybridized carbons (Fsp3) is 0.316. The highest BCUT2D eigenvalue weighted by Crippen LogP contribution is 2.51. The van der Waals surface area contributed by atoms with Crippen molar-refractivity contribution in [3.05, 3.63) is 53.8 Å². The first-order valence-electron chi connectivity index (χ1n) is 8.27. The van der Waals surface area contributed by atoms with E-state index >= 15 is 0 Å². The standard InChI is InChI=1S/C19H17N3O3/c1-2-25-17(23)15-9-19(16-8-7-12(10-20)11-22(15)16)13-5-3-4-6-14(13)21-18(19)24/h3-8,11,15-16H,2,9H2,1H3,(H,21,24)/t15-,16+,19?/m1/s1. The Morgan fingerprint density at radius 3 is 3.04 bits per heavy atom. The number of allylic oxidation sites excluding steroid dienone is 2. The van der Waals surface area contributed by atoms with Crippen molar-refractivity contribution in [3.8, 4) is 6.07 Å². The Morgan fingerprint density at radius 2 is 2.28 bits per heavy atom. The van der Waals surface area contributed by atoms with Crippen LogP contribution < -0.4 is 5.32 Å². The number of hydrogen-bond donors (Lipinski definition) is 1. The van der Waals surface area contributed by atoms with Gasteiger partial charge >= 0.3 is 5.97 Å². The van der Waals surface area contributed by atoms with Crippen molar-refractivity contribution in [2.75, 3.05) is 11.9 Å². The largest absolute Gasteiger partial charge is 0.464 e. The van der Waals surface area contributed by atoms with Crippen LogP contribution in [0.4, 0.5) is 5.69 Å². The summed E-state index contributed by atoms with van der Waals surface area (Å²) >= 11 is 0. The Balaban J connectivity index is 1.85. The summed E-state index contributed by atoms with van der Waals surface area (Å²) in [6.07, 6.45) is 5.54. The van der Waals surface area contributed by atoms with Crippen LogP contribution in [0.5, 0.6) is 0 Å². The number of benzene rings is 1. The van der Waals surface area contributed by atoms with E-state index in [9.17, 15) is 14.9 Å². The van der Waals surface area contributed by atoms with Gasteiger partial charge < -0.3 is 15.0 Å². The van der Waals surface area contributed by atoms with Gasteiger partial charge in [0.1, 0.15) is 17.5 Å². The van der Waals surface area contributed by atoms with Gasteiger partial charge in [-0.25, -0.2) is 4.79 Å². The number of ether oxygens (including phenoxy) is 1. The number of carbonyl (C=O) groups excluding carboxylic acids is 2. The zero-order valence-electron chi connectivity index (χ0n) is 13.7. The maximum Gasteiger partial charge on any atom is 0.328 e. The number of fused-ring (bicyclic) bond motifs is 4. The summed E-state index contributed by atoms with van der Waals surface area (Å²) in [6, 6.07) is 8.73. The van der Waals surface area contributed by atoms with Crippen molar-refractivity contribution in [3.63, 3.8) is 0 Å².